The molecule has 0 spiro atoms. The fourth-order valence-electron chi connectivity index (χ4n) is 1.54. The summed E-state index contributed by atoms with van der Waals surface area (Å²) in [6.07, 6.45) is 6.26. The van der Waals surface area contributed by atoms with Gasteiger partial charge in [0.05, 0.1) is 0 Å². The molecule has 15 heavy (non-hydrogen) atoms. The molecule has 0 heterocycles. The highest BCUT2D eigenvalue weighted by molar-refractivity contribution is 5.76. The van der Waals surface area contributed by atoms with Crippen LogP contribution in [0, 0.1) is 0 Å². The van der Waals surface area contributed by atoms with Crippen molar-refractivity contribution in [3.05, 3.63) is 0 Å². The van der Waals surface area contributed by atoms with Crippen molar-refractivity contribution in [3.63, 3.8) is 0 Å². The minimum atomic E-state index is 0.224. The maximum absolute atomic E-state index is 11.7. The lowest BCUT2D eigenvalue weighted by molar-refractivity contribution is -0.131. The SMILES string of the molecule is CCCCCN(CCCC)C(=O)CCN. The van der Waals surface area contributed by atoms with E-state index < -0.39 is 0 Å². The van der Waals surface area contributed by atoms with Gasteiger partial charge in [0, 0.05) is 26.1 Å². The van der Waals surface area contributed by atoms with Crippen molar-refractivity contribution >= 4 is 5.91 Å². The van der Waals surface area contributed by atoms with Gasteiger partial charge in [-0.2, -0.15) is 0 Å². The molecular formula is C12H26N2O. The molecule has 0 aromatic heterocycles. The van der Waals surface area contributed by atoms with Crippen LogP contribution >= 0.6 is 0 Å². The number of carbonyl (C=O) groups excluding carboxylic acids is 1. The summed E-state index contributed by atoms with van der Waals surface area (Å²) in [5.74, 6) is 0.224. The second kappa shape index (κ2) is 9.97. The predicted octanol–water partition coefficient (Wildman–Crippen LogP) is 2.15. The number of carbonyl (C=O) groups is 1. The van der Waals surface area contributed by atoms with E-state index in [9.17, 15) is 4.79 Å². The normalized spacial score (nSPS) is 10.3. The first-order chi connectivity index (χ1) is 7.26. The molecule has 0 unspecified atom stereocenters. The van der Waals surface area contributed by atoms with Crippen molar-refractivity contribution in [2.45, 2.75) is 52.4 Å². The number of amides is 1. The first-order valence-corrected chi connectivity index (χ1v) is 6.24. The van der Waals surface area contributed by atoms with Crippen LogP contribution in [0.4, 0.5) is 0 Å². The largest absolute Gasteiger partial charge is 0.343 e. The molecule has 1 amide bonds. The average molecular weight is 214 g/mol. The Balaban J connectivity index is 3.87. The van der Waals surface area contributed by atoms with Gasteiger partial charge in [0.25, 0.3) is 0 Å². The molecule has 0 aliphatic rings. The molecule has 0 radical (unpaired) electrons. The summed E-state index contributed by atoms with van der Waals surface area (Å²) in [7, 11) is 0. The van der Waals surface area contributed by atoms with Gasteiger partial charge in [-0.1, -0.05) is 33.1 Å². The number of hydrogen-bond donors (Lipinski definition) is 1. The van der Waals surface area contributed by atoms with Gasteiger partial charge in [-0.05, 0) is 12.8 Å². The number of nitrogens with two attached hydrogens (primary N) is 1. The van der Waals surface area contributed by atoms with E-state index >= 15 is 0 Å². The molecule has 0 saturated heterocycles. The smallest absolute Gasteiger partial charge is 0.223 e. The summed E-state index contributed by atoms with van der Waals surface area (Å²) >= 11 is 0. The van der Waals surface area contributed by atoms with Crippen LogP contribution in [0.25, 0.3) is 0 Å². The first-order valence-electron chi connectivity index (χ1n) is 6.24. The van der Waals surface area contributed by atoms with Gasteiger partial charge < -0.3 is 10.6 Å². The van der Waals surface area contributed by atoms with Crippen LogP contribution in [0.5, 0.6) is 0 Å². The van der Waals surface area contributed by atoms with Gasteiger partial charge in [-0.15, -0.1) is 0 Å². The van der Waals surface area contributed by atoms with Gasteiger partial charge in [0.2, 0.25) is 5.91 Å². The van der Waals surface area contributed by atoms with Crippen molar-refractivity contribution in [2.75, 3.05) is 19.6 Å². The first kappa shape index (κ1) is 14.4. The minimum absolute atomic E-state index is 0.224. The monoisotopic (exact) mass is 214 g/mol. The Morgan fingerprint density at radius 2 is 1.67 bits per heavy atom. The number of unbranched alkanes of at least 4 members (excludes halogenated alkanes) is 3. The van der Waals surface area contributed by atoms with Crippen molar-refractivity contribution in [2.24, 2.45) is 5.73 Å². The average Bonchev–Trinajstić information content (AvgIpc) is 2.23. The van der Waals surface area contributed by atoms with Crippen molar-refractivity contribution in [1.29, 1.82) is 0 Å². The molecule has 0 aliphatic carbocycles. The quantitative estimate of drug-likeness (QED) is 0.598. The summed E-state index contributed by atoms with van der Waals surface area (Å²) in [6, 6.07) is 0. The molecule has 0 aliphatic heterocycles. The molecule has 3 heteroatoms. The second-order valence-electron chi connectivity index (χ2n) is 3.98. The third-order valence-corrected chi connectivity index (χ3v) is 2.52. The Labute approximate surface area is 94.0 Å². The fourth-order valence-corrected chi connectivity index (χ4v) is 1.54. The molecule has 0 atom stereocenters. The molecule has 0 aromatic carbocycles. The van der Waals surface area contributed by atoms with E-state index in [0.29, 0.717) is 13.0 Å². The highest BCUT2D eigenvalue weighted by atomic mass is 16.2. The Hall–Kier alpha value is -0.570. The summed E-state index contributed by atoms with van der Waals surface area (Å²) in [4.78, 5) is 13.7. The van der Waals surface area contributed by atoms with Crippen LogP contribution in [0.3, 0.4) is 0 Å². The lowest BCUT2D eigenvalue weighted by atomic mass is 10.2. The number of rotatable bonds is 9. The maximum Gasteiger partial charge on any atom is 0.223 e. The highest BCUT2D eigenvalue weighted by Crippen LogP contribution is 2.03. The highest BCUT2D eigenvalue weighted by Gasteiger charge is 2.10. The summed E-state index contributed by atoms with van der Waals surface area (Å²) in [6.45, 7) is 6.61. The van der Waals surface area contributed by atoms with Crippen LogP contribution in [-0.4, -0.2) is 30.4 Å². The third-order valence-electron chi connectivity index (χ3n) is 2.52. The maximum atomic E-state index is 11.7. The Morgan fingerprint density at radius 1 is 1.07 bits per heavy atom. The van der Waals surface area contributed by atoms with Crippen LogP contribution in [0.15, 0.2) is 0 Å². The lowest BCUT2D eigenvalue weighted by Gasteiger charge is -2.22. The van der Waals surface area contributed by atoms with Gasteiger partial charge in [-0.3, -0.25) is 4.79 Å². The molecule has 3 nitrogen and oxygen atoms in total. The van der Waals surface area contributed by atoms with E-state index in [1.807, 2.05) is 4.90 Å². The van der Waals surface area contributed by atoms with E-state index in [-0.39, 0.29) is 5.91 Å². The van der Waals surface area contributed by atoms with Gasteiger partial charge in [0.1, 0.15) is 0 Å². The summed E-state index contributed by atoms with van der Waals surface area (Å²) < 4.78 is 0. The zero-order valence-corrected chi connectivity index (χ0v) is 10.3. The molecule has 0 bridgehead atoms. The number of nitrogens with zero attached hydrogens (tertiary/aromatic N) is 1. The molecule has 0 saturated carbocycles. The van der Waals surface area contributed by atoms with Gasteiger partial charge in [-0.25, -0.2) is 0 Å². The third kappa shape index (κ3) is 7.37. The van der Waals surface area contributed by atoms with E-state index in [1.54, 1.807) is 0 Å². The standard InChI is InChI=1S/C12H26N2O/c1-3-5-7-11-14(10-6-4-2)12(15)8-9-13/h3-11,13H2,1-2H3. The number of hydrogen-bond acceptors (Lipinski definition) is 2. The topological polar surface area (TPSA) is 46.3 Å². The van der Waals surface area contributed by atoms with Crippen LogP contribution in [0.1, 0.15) is 52.4 Å². The fraction of sp³-hybridized carbons (Fsp3) is 0.917. The van der Waals surface area contributed by atoms with Crippen LogP contribution < -0.4 is 5.73 Å². The Bertz CT molecular complexity index is 160. The van der Waals surface area contributed by atoms with Crippen molar-refractivity contribution < 1.29 is 4.79 Å². The molecule has 90 valence electrons. The van der Waals surface area contributed by atoms with Gasteiger partial charge >= 0.3 is 0 Å². The summed E-state index contributed by atoms with van der Waals surface area (Å²) in [5.41, 5.74) is 5.40. The lowest BCUT2D eigenvalue weighted by Crippen LogP contribution is -2.34. The molecule has 0 aromatic rings. The van der Waals surface area contributed by atoms with E-state index in [0.717, 1.165) is 32.4 Å². The van der Waals surface area contributed by atoms with E-state index in [2.05, 4.69) is 13.8 Å². The molecule has 0 rings (SSSR count). The van der Waals surface area contributed by atoms with Crippen molar-refractivity contribution in [1.82, 2.24) is 4.90 Å². The molecular weight excluding hydrogens is 188 g/mol. The zero-order valence-electron chi connectivity index (χ0n) is 10.3. The van der Waals surface area contributed by atoms with Crippen LogP contribution in [0.2, 0.25) is 0 Å². The molecule has 0 fully saturated rings. The summed E-state index contributed by atoms with van der Waals surface area (Å²) in [5, 5.41) is 0. The van der Waals surface area contributed by atoms with Crippen molar-refractivity contribution in [3.8, 4) is 0 Å². The molecule has 2 N–H and O–H groups in total. The second-order valence-corrected chi connectivity index (χ2v) is 3.98. The zero-order chi connectivity index (χ0) is 11.5. The Kier molecular flexibility index (Phi) is 9.59. The minimum Gasteiger partial charge on any atom is -0.343 e. The predicted molar refractivity (Wildman–Crippen MR) is 64.7 cm³/mol. The Morgan fingerprint density at radius 3 is 2.20 bits per heavy atom. The van der Waals surface area contributed by atoms with Crippen LogP contribution in [-0.2, 0) is 4.79 Å². The van der Waals surface area contributed by atoms with E-state index in [1.165, 1.54) is 12.8 Å². The van der Waals surface area contributed by atoms with Gasteiger partial charge in [0.15, 0.2) is 0 Å². The van der Waals surface area contributed by atoms with E-state index in [4.69, 9.17) is 5.73 Å².